The van der Waals surface area contributed by atoms with E-state index in [2.05, 4.69) is 5.32 Å². The van der Waals surface area contributed by atoms with Crippen molar-refractivity contribution >= 4 is 11.9 Å². The van der Waals surface area contributed by atoms with Crippen molar-refractivity contribution in [2.45, 2.75) is 32.2 Å². The molecule has 1 saturated carbocycles. The van der Waals surface area contributed by atoms with Crippen molar-refractivity contribution in [1.29, 1.82) is 0 Å². The third-order valence-electron chi connectivity index (χ3n) is 5.56. The fourth-order valence-corrected chi connectivity index (χ4v) is 4.05. The highest BCUT2D eigenvalue weighted by atomic mass is 16.3. The van der Waals surface area contributed by atoms with Crippen LogP contribution in [0.15, 0.2) is 22.8 Å². The molecule has 124 valence electrons. The first-order valence-corrected chi connectivity index (χ1v) is 8.52. The molecule has 6 heteroatoms. The molecule has 23 heavy (non-hydrogen) atoms. The zero-order valence-electron chi connectivity index (χ0n) is 13.3. The highest BCUT2D eigenvalue weighted by Crippen LogP contribution is 2.58. The number of likely N-dealkylation sites (tertiary alicyclic amines) is 2. The minimum absolute atomic E-state index is 0.0304. The van der Waals surface area contributed by atoms with E-state index in [9.17, 15) is 9.59 Å². The summed E-state index contributed by atoms with van der Waals surface area (Å²) in [7, 11) is 0. The molecule has 3 aliphatic rings. The molecule has 1 aromatic rings. The maximum absolute atomic E-state index is 12.5. The summed E-state index contributed by atoms with van der Waals surface area (Å²) in [6.45, 7) is 3.73. The van der Waals surface area contributed by atoms with E-state index in [4.69, 9.17) is 4.42 Å². The van der Waals surface area contributed by atoms with Crippen molar-refractivity contribution in [3.8, 4) is 0 Å². The van der Waals surface area contributed by atoms with Gasteiger partial charge in [0.25, 0.3) is 0 Å². The van der Waals surface area contributed by atoms with E-state index in [1.165, 1.54) is 0 Å². The number of amides is 3. The summed E-state index contributed by atoms with van der Waals surface area (Å²) in [6, 6.07) is 3.84. The summed E-state index contributed by atoms with van der Waals surface area (Å²) in [5, 5.41) is 2.95. The molecule has 3 amide bonds. The number of urea groups is 1. The van der Waals surface area contributed by atoms with Gasteiger partial charge < -0.3 is 19.5 Å². The standard InChI is InChI=1S/C17H23N3O3/c21-15(18-11-13-4-3-9-23-13)14-10-17(14)5-8-20(12-17)16(22)19-6-1-2-7-19/h3-4,9,14H,1-2,5-8,10-12H2,(H,18,21). The van der Waals surface area contributed by atoms with Crippen molar-refractivity contribution < 1.29 is 14.0 Å². The lowest BCUT2D eigenvalue weighted by Gasteiger charge is -2.24. The van der Waals surface area contributed by atoms with Crippen LogP contribution in [-0.4, -0.2) is 47.9 Å². The number of nitrogens with one attached hydrogen (secondary N) is 1. The number of nitrogens with zero attached hydrogens (tertiary/aromatic N) is 2. The molecule has 2 atom stereocenters. The molecule has 6 nitrogen and oxygen atoms in total. The molecule has 0 radical (unpaired) electrons. The molecule has 1 spiro atoms. The number of rotatable bonds is 3. The molecule has 2 unspecified atom stereocenters. The van der Waals surface area contributed by atoms with Crippen LogP contribution in [-0.2, 0) is 11.3 Å². The van der Waals surface area contributed by atoms with Gasteiger partial charge in [-0.15, -0.1) is 0 Å². The second-order valence-corrected chi connectivity index (χ2v) is 7.06. The molecule has 4 rings (SSSR count). The van der Waals surface area contributed by atoms with Gasteiger partial charge >= 0.3 is 6.03 Å². The molecule has 2 aliphatic heterocycles. The second-order valence-electron chi connectivity index (χ2n) is 7.06. The van der Waals surface area contributed by atoms with E-state index in [1.54, 1.807) is 6.26 Å². The molecule has 2 saturated heterocycles. The predicted octanol–water partition coefficient (Wildman–Crippen LogP) is 1.82. The molecule has 3 heterocycles. The van der Waals surface area contributed by atoms with Crippen LogP contribution >= 0.6 is 0 Å². The van der Waals surface area contributed by atoms with Gasteiger partial charge in [-0.25, -0.2) is 4.79 Å². The SMILES string of the molecule is O=C(NCc1ccco1)C1CC12CCN(C(=O)N1CCCC1)C2. The first kappa shape index (κ1) is 14.6. The van der Waals surface area contributed by atoms with Crippen molar-refractivity contribution in [1.82, 2.24) is 15.1 Å². The zero-order chi connectivity index (χ0) is 15.9. The Bertz CT molecular complexity index is 594. The van der Waals surface area contributed by atoms with Crippen molar-refractivity contribution in [3.05, 3.63) is 24.2 Å². The van der Waals surface area contributed by atoms with Crippen LogP contribution in [0.25, 0.3) is 0 Å². The lowest BCUT2D eigenvalue weighted by atomic mass is 10.0. The van der Waals surface area contributed by atoms with Crippen LogP contribution < -0.4 is 5.32 Å². The molecule has 1 aromatic heterocycles. The average molecular weight is 317 g/mol. The van der Waals surface area contributed by atoms with E-state index in [0.29, 0.717) is 6.54 Å². The van der Waals surface area contributed by atoms with E-state index in [1.807, 2.05) is 21.9 Å². The van der Waals surface area contributed by atoms with E-state index in [0.717, 1.165) is 57.6 Å². The number of carbonyl (C=O) groups excluding carboxylic acids is 2. The van der Waals surface area contributed by atoms with Gasteiger partial charge in [-0.1, -0.05) is 0 Å². The first-order valence-electron chi connectivity index (χ1n) is 8.52. The molecule has 1 N–H and O–H groups in total. The number of carbonyl (C=O) groups is 2. The topological polar surface area (TPSA) is 65.8 Å². The molecule has 0 bridgehead atoms. The third kappa shape index (κ3) is 2.71. The van der Waals surface area contributed by atoms with Gasteiger partial charge in [0.15, 0.2) is 0 Å². The Labute approximate surface area is 135 Å². The molecular weight excluding hydrogens is 294 g/mol. The van der Waals surface area contributed by atoms with E-state index < -0.39 is 0 Å². The number of furan rings is 1. The summed E-state index contributed by atoms with van der Waals surface area (Å²) in [6.07, 6.45) is 5.69. The van der Waals surface area contributed by atoms with Crippen molar-refractivity contribution in [2.24, 2.45) is 11.3 Å². The minimum atomic E-state index is 0.0304. The summed E-state index contributed by atoms with van der Waals surface area (Å²) in [5.74, 6) is 0.913. The normalized spacial score (nSPS) is 29.3. The summed E-state index contributed by atoms with van der Waals surface area (Å²) < 4.78 is 5.23. The average Bonchev–Trinajstić information content (AvgIpc) is 3.07. The quantitative estimate of drug-likeness (QED) is 0.925. The Kier molecular flexibility index (Phi) is 3.54. The summed E-state index contributed by atoms with van der Waals surface area (Å²) in [4.78, 5) is 28.7. The van der Waals surface area contributed by atoms with Gasteiger partial charge in [-0.2, -0.15) is 0 Å². The highest BCUT2D eigenvalue weighted by molar-refractivity contribution is 5.83. The highest BCUT2D eigenvalue weighted by Gasteiger charge is 2.61. The van der Waals surface area contributed by atoms with Gasteiger partial charge in [-0.05, 0) is 37.8 Å². The van der Waals surface area contributed by atoms with E-state index >= 15 is 0 Å². The van der Waals surface area contributed by atoms with Crippen LogP contribution in [0, 0.1) is 11.3 Å². The van der Waals surface area contributed by atoms with Gasteiger partial charge in [0.2, 0.25) is 5.91 Å². The fraction of sp³-hybridized carbons (Fsp3) is 0.647. The summed E-state index contributed by atoms with van der Waals surface area (Å²) in [5.41, 5.74) is 0.0304. The lowest BCUT2D eigenvalue weighted by molar-refractivity contribution is -0.123. The van der Waals surface area contributed by atoms with Crippen molar-refractivity contribution in [2.75, 3.05) is 26.2 Å². The van der Waals surface area contributed by atoms with Crippen LogP contribution in [0.5, 0.6) is 0 Å². The monoisotopic (exact) mass is 317 g/mol. The fourth-order valence-electron chi connectivity index (χ4n) is 4.05. The Morgan fingerprint density at radius 1 is 1.26 bits per heavy atom. The van der Waals surface area contributed by atoms with Crippen LogP contribution in [0.1, 0.15) is 31.4 Å². The van der Waals surface area contributed by atoms with Crippen LogP contribution in [0.3, 0.4) is 0 Å². The smallest absolute Gasteiger partial charge is 0.320 e. The Hall–Kier alpha value is -1.98. The first-order chi connectivity index (χ1) is 11.2. The van der Waals surface area contributed by atoms with Gasteiger partial charge in [0, 0.05) is 37.5 Å². The zero-order valence-corrected chi connectivity index (χ0v) is 13.3. The predicted molar refractivity (Wildman–Crippen MR) is 83.5 cm³/mol. The largest absolute Gasteiger partial charge is 0.467 e. The van der Waals surface area contributed by atoms with Gasteiger partial charge in [-0.3, -0.25) is 4.79 Å². The molecule has 0 aromatic carbocycles. The maximum atomic E-state index is 12.5. The molecular formula is C17H23N3O3. The number of hydrogen-bond acceptors (Lipinski definition) is 3. The van der Waals surface area contributed by atoms with Crippen molar-refractivity contribution in [3.63, 3.8) is 0 Å². The Morgan fingerprint density at radius 2 is 2.09 bits per heavy atom. The maximum Gasteiger partial charge on any atom is 0.320 e. The number of hydrogen-bond donors (Lipinski definition) is 1. The Morgan fingerprint density at radius 3 is 2.83 bits per heavy atom. The molecule has 3 fully saturated rings. The van der Waals surface area contributed by atoms with Crippen LogP contribution in [0.4, 0.5) is 4.79 Å². The van der Waals surface area contributed by atoms with Gasteiger partial charge in [0.1, 0.15) is 5.76 Å². The van der Waals surface area contributed by atoms with Gasteiger partial charge in [0.05, 0.1) is 12.8 Å². The minimum Gasteiger partial charge on any atom is -0.467 e. The van der Waals surface area contributed by atoms with E-state index in [-0.39, 0.29) is 23.3 Å². The second kappa shape index (κ2) is 5.58. The summed E-state index contributed by atoms with van der Waals surface area (Å²) >= 11 is 0. The van der Waals surface area contributed by atoms with Crippen LogP contribution in [0.2, 0.25) is 0 Å². The third-order valence-corrected chi connectivity index (χ3v) is 5.56. The lowest BCUT2D eigenvalue weighted by Crippen LogP contribution is -2.40. The molecule has 1 aliphatic carbocycles. The Balaban J connectivity index is 1.29.